The summed E-state index contributed by atoms with van der Waals surface area (Å²) < 4.78 is 12.5. The fourth-order valence-corrected chi connectivity index (χ4v) is 3.15. The first-order chi connectivity index (χ1) is 13.9. The number of hydrogen-bond donors (Lipinski definition) is 2. The Morgan fingerprint density at radius 1 is 1.17 bits per heavy atom. The maximum absolute atomic E-state index is 11.5. The molecule has 0 aliphatic rings. The Balaban J connectivity index is 1.69. The first-order valence-corrected chi connectivity index (χ1v) is 9.79. The van der Waals surface area contributed by atoms with Crippen molar-refractivity contribution in [1.29, 1.82) is 0 Å². The highest BCUT2D eigenvalue weighted by Crippen LogP contribution is 2.27. The molecule has 9 nitrogen and oxygen atoms in total. The van der Waals surface area contributed by atoms with Crippen molar-refractivity contribution in [3.05, 3.63) is 23.5 Å². The van der Waals surface area contributed by atoms with Crippen LogP contribution in [0.1, 0.15) is 38.1 Å². The van der Waals surface area contributed by atoms with Gasteiger partial charge in [0.2, 0.25) is 5.65 Å². The number of carbonyl (C=O) groups excluding carboxylic acids is 1. The number of anilines is 1. The molecule has 0 fully saturated rings. The second-order valence-electron chi connectivity index (χ2n) is 7.19. The molecule has 2 heterocycles. The third-order valence-corrected chi connectivity index (χ3v) is 4.51. The van der Waals surface area contributed by atoms with Crippen molar-refractivity contribution in [2.75, 3.05) is 25.5 Å². The zero-order valence-electron chi connectivity index (χ0n) is 17.6. The molecular formula is C20H28N6O3. The van der Waals surface area contributed by atoms with Crippen LogP contribution in [0.5, 0.6) is 5.75 Å². The molecule has 0 unspecified atom stereocenters. The summed E-state index contributed by atoms with van der Waals surface area (Å²) in [5, 5.41) is 14.6. The van der Waals surface area contributed by atoms with E-state index in [2.05, 4.69) is 20.8 Å². The van der Waals surface area contributed by atoms with Crippen LogP contribution < -0.4 is 15.4 Å². The lowest BCUT2D eigenvalue weighted by molar-refractivity contribution is 0.115. The summed E-state index contributed by atoms with van der Waals surface area (Å²) in [7, 11) is 1.65. The Bertz CT molecular complexity index is 1010. The lowest BCUT2D eigenvalue weighted by atomic mass is 10.2. The van der Waals surface area contributed by atoms with Crippen LogP contribution in [0.4, 0.5) is 10.6 Å². The van der Waals surface area contributed by atoms with Crippen LogP contribution in [-0.2, 0) is 4.74 Å². The predicted octanol–water partition coefficient (Wildman–Crippen LogP) is 3.23. The maximum Gasteiger partial charge on any atom is 0.407 e. The third kappa shape index (κ3) is 4.67. The normalized spacial score (nSPS) is 11.2. The van der Waals surface area contributed by atoms with Gasteiger partial charge in [0.25, 0.3) is 0 Å². The number of fused-ring (bicyclic) bond motifs is 3. The number of nitrogens with zero attached hydrogens (tertiary/aromatic N) is 4. The van der Waals surface area contributed by atoms with Gasteiger partial charge in [-0.2, -0.15) is 0 Å². The molecule has 1 aromatic carbocycles. The molecule has 156 valence electrons. The van der Waals surface area contributed by atoms with Gasteiger partial charge in [0.1, 0.15) is 11.6 Å². The summed E-state index contributed by atoms with van der Waals surface area (Å²) in [6.07, 6.45) is 1.18. The maximum atomic E-state index is 11.5. The van der Waals surface area contributed by atoms with Crippen LogP contribution in [0.25, 0.3) is 16.7 Å². The topological polar surface area (TPSA) is 103 Å². The van der Waals surface area contributed by atoms with Gasteiger partial charge in [0.15, 0.2) is 5.82 Å². The second-order valence-corrected chi connectivity index (χ2v) is 7.19. The van der Waals surface area contributed by atoms with Crippen molar-refractivity contribution in [2.45, 2.75) is 46.6 Å². The molecular weight excluding hydrogens is 372 g/mol. The van der Waals surface area contributed by atoms with Crippen LogP contribution in [0, 0.1) is 13.8 Å². The number of unbranched alkanes of at least 4 members (excludes halogenated alkanes) is 1. The van der Waals surface area contributed by atoms with E-state index >= 15 is 0 Å². The van der Waals surface area contributed by atoms with E-state index in [4.69, 9.17) is 14.5 Å². The number of hydrogen-bond acceptors (Lipinski definition) is 7. The molecule has 2 N–H and O–H groups in total. The number of aromatic nitrogens is 4. The highest BCUT2D eigenvalue weighted by molar-refractivity contribution is 5.85. The quantitative estimate of drug-likeness (QED) is 0.560. The van der Waals surface area contributed by atoms with E-state index in [1.54, 1.807) is 7.11 Å². The number of benzene rings is 1. The van der Waals surface area contributed by atoms with Gasteiger partial charge in [0, 0.05) is 19.2 Å². The number of ether oxygens (including phenoxy) is 2. The molecule has 0 spiro atoms. The molecule has 0 radical (unpaired) electrons. The number of methoxy groups -OCH3 is 1. The van der Waals surface area contributed by atoms with Gasteiger partial charge in [-0.25, -0.2) is 9.78 Å². The van der Waals surface area contributed by atoms with Crippen molar-refractivity contribution in [1.82, 2.24) is 24.9 Å². The Morgan fingerprint density at radius 3 is 2.66 bits per heavy atom. The SMILES string of the molecule is COc1cc2nc(NCCCCNC(=O)OC(C)C)c3nnc(C)n3c2cc1C. The average molecular weight is 400 g/mol. The summed E-state index contributed by atoms with van der Waals surface area (Å²) in [6, 6.07) is 3.97. The molecule has 0 aliphatic heterocycles. The number of aryl methyl sites for hydroxylation is 2. The van der Waals surface area contributed by atoms with Gasteiger partial charge in [-0.15, -0.1) is 10.2 Å². The van der Waals surface area contributed by atoms with Gasteiger partial charge >= 0.3 is 6.09 Å². The summed E-state index contributed by atoms with van der Waals surface area (Å²) in [5.74, 6) is 2.27. The number of alkyl carbamates (subject to hydrolysis) is 1. The van der Waals surface area contributed by atoms with Crippen LogP contribution >= 0.6 is 0 Å². The fraction of sp³-hybridized carbons (Fsp3) is 0.500. The zero-order valence-corrected chi connectivity index (χ0v) is 17.6. The Morgan fingerprint density at radius 2 is 1.93 bits per heavy atom. The summed E-state index contributed by atoms with van der Waals surface area (Å²) in [5.41, 5.74) is 3.47. The van der Waals surface area contributed by atoms with E-state index in [9.17, 15) is 4.79 Å². The van der Waals surface area contributed by atoms with Crippen LogP contribution in [0.2, 0.25) is 0 Å². The van der Waals surface area contributed by atoms with E-state index in [-0.39, 0.29) is 12.2 Å². The molecule has 3 rings (SSSR count). The Labute approximate surface area is 169 Å². The number of nitrogens with one attached hydrogen (secondary N) is 2. The molecule has 2 aromatic heterocycles. The highest BCUT2D eigenvalue weighted by atomic mass is 16.6. The van der Waals surface area contributed by atoms with Crippen molar-refractivity contribution in [3.63, 3.8) is 0 Å². The van der Waals surface area contributed by atoms with E-state index in [1.165, 1.54) is 0 Å². The van der Waals surface area contributed by atoms with Gasteiger partial charge in [-0.05, 0) is 52.2 Å². The standard InChI is InChI=1S/C20H28N6O3/c1-12(2)29-20(27)22-9-7-6-8-21-18-19-25-24-14(4)26(19)16-10-13(3)17(28-5)11-15(16)23-18/h10-12H,6-9H2,1-5H3,(H,21,23)(H,22,27). The van der Waals surface area contributed by atoms with E-state index in [0.717, 1.165) is 41.0 Å². The van der Waals surface area contributed by atoms with Crippen molar-refractivity contribution < 1.29 is 14.3 Å². The Kier molecular flexibility index (Phi) is 6.36. The largest absolute Gasteiger partial charge is 0.496 e. The average Bonchev–Trinajstić information content (AvgIpc) is 3.06. The third-order valence-electron chi connectivity index (χ3n) is 4.51. The summed E-state index contributed by atoms with van der Waals surface area (Å²) in [4.78, 5) is 16.2. The monoisotopic (exact) mass is 400 g/mol. The molecule has 3 aromatic rings. The van der Waals surface area contributed by atoms with Crippen LogP contribution in [0.3, 0.4) is 0 Å². The molecule has 0 saturated carbocycles. The van der Waals surface area contributed by atoms with Crippen LogP contribution in [0.15, 0.2) is 12.1 Å². The van der Waals surface area contributed by atoms with Crippen molar-refractivity contribution in [3.8, 4) is 5.75 Å². The smallest absolute Gasteiger partial charge is 0.407 e. The molecule has 0 atom stereocenters. The minimum Gasteiger partial charge on any atom is -0.496 e. The minimum absolute atomic E-state index is 0.118. The second kappa shape index (κ2) is 8.93. The first kappa shape index (κ1) is 20.6. The van der Waals surface area contributed by atoms with Gasteiger partial charge in [-0.1, -0.05) is 0 Å². The molecule has 0 aliphatic carbocycles. The molecule has 29 heavy (non-hydrogen) atoms. The van der Waals surface area contributed by atoms with E-state index in [1.807, 2.05) is 44.2 Å². The number of amides is 1. The Hall–Kier alpha value is -3.10. The van der Waals surface area contributed by atoms with Gasteiger partial charge in [0.05, 0.1) is 24.2 Å². The first-order valence-electron chi connectivity index (χ1n) is 9.79. The highest BCUT2D eigenvalue weighted by Gasteiger charge is 2.14. The number of rotatable bonds is 8. The van der Waals surface area contributed by atoms with Gasteiger partial charge in [-0.3, -0.25) is 4.40 Å². The van der Waals surface area contributed by atoms with Gasteiger partial charge < -0.3 is 20.1 Å². The number of carbonyl (C=O) groups is 1. The lowest BCUT2D eigenvalue weighted by Gasteiger charge is -2.12. The molecule has 0 bridgehead atoms. The predicted molar refractivity (Wildman–Crippen MR) is 112 cm³/mol. The van der Waals surface area contributed by atoms with Crippen LogP contribution in [-0.4, -0.2) is 52.0 Å². The minimum atomic E-state index is -0.381. The molecule has 0 saturated heterocycles. The summed E-state index contributed by atoms with van der Waals surface area (Å²) >= 11 is 0. The summed E-state index contributed by atoms with van der Waals surface area (Å²) in [6.45, 7) is 8.83. The fourth-order valence-electron chi connectivity index (χ4n) is 3.15. The van der Waals surface area contributed by atoms with Crippen molar-refractivity contribution >= 4 is 28.6 Å². The van der Waals surface area contributed by atoms with Crippen molar-refractivity contribution in [2.24, 2.45) is 0 Å². The van der Waals surface area contributed by atoms with E-state index in [0.29, 0.717) is 24.6 Å². The molecule has 9 heteroatoms. The molecule has 1 amide bonds. The lowest BCUT2D eigenvalue weighted by Crippen LogP contribution is -2.27. The zero-order chi connectivity index (χ0) is 21.0. The van der Waals surface area contributed by atoms with E-state index < -0.39 is 0 Å².